The molecule has 0 bridgehead atoms. The number of oxazole rings is 1. The Morgan fingerprint density at radius 3 is 2.64 bits per heavy atom. The number of para-hydroxylation sites is 2. The first-order valence-electron chi connectivity index (χ1n) is 9.20. The molecule has 0 fully saturated rings. The lowest BCUT2D eigenvalue weighted by molar-refractivity contribution is 0.379. The van der Waals surface area contributed by atoms with E-state index in [1.807, 2.05) is 25.1 Å². The molecule has 0 amide bonds. The van der Waals surface area contributed by atoms with Gasteiger partial charge < -0.3 is 19.6 Å². The van der Waals surface area contributed by atoms with Crippen LogP contribution in [-0.2, 0) is 18.5 Å². The van der Waals surface area contributed by atoms with Crippen LogP contribution in [0.25, 0.3) is 11.0 Å². The number of halogens is 1. The molecule has 0 saturated carbocycles. The highest BCUT2D eigenvalue weighted by atomic mass is 127. The Labute approximate surface area is 183 Å². The highest BCUT2D eigenvalue weighted by molar-refractivity contribution is 14.0. The predicted octanol–water partition coefficient (Wildman–Crippen LogP) is 3.61. The number of hydrogen-bond acceptors (Lipinski definition) is 4. The Bertz CT molecular complexity index is 938. The number of nitrogens with zero attached hydrogens (tertiary/aromatic N) is 4. The normalized spacial score (nSPS) is 12.1. The largest absolute Gasteiger partial charge is 0.443 e. The van der Waals surface area contributed by atoms with E-state index in [4.69, 9.17) is 4.42 Å². The van der Waals surface area contributed by atoms with Crippen molar-refractivity contribution >= 4 is 41.0 Å². The van der Waals surface area contributed by atoms with Crippen LogP contribution in [0, 0.1) is 6.92 Å². The average Bonchev–Trinajstić information content (AvgIpc) is 3.22. The van der Waals surface area contributed by atoms with E-state index in [0.29, 0.717) is 18.4 Å². The summed E-state index contributed by atoms with van der Waals surface area (Å²) in [6, 6.07) is 8.18. The second-order valence-corrected chi connectivity index (χ2v) is 7.52. The molecule has 0 aliphatic carbocycles. The molecule has 0 saturated heterocycles. The first-order valence-corrected chi connectivity index (χ1v) is 9.20. The molecule has 2 aromatic heterocycles. The molecular formula is C20H29IN6O. The van der Waals surface area contributed by atoms with Crippen LogP contribution in [0.5, 0.6) is 0 Å². The molecule has 152 valence electrons. The maximum Gasteiger partial charge on any atom is 0.213 e. The number of nitrogens with one attached hydrogen (secondary N) is 2. The quantitative estimate of drug-likeness (QED) is 0.321. The van der Waals surface area contributed by atoms with Crippen molar-refractivity contribution in [2.24, 2.45) is 4.99 Å². The van der Waals surface area contributed by atoms with Crippen molar-refractivity contribution in [1.29, 1.82) is 0 Å². The second kappa shape index (κ2) is 9.40. The number of aryl methyl sites for hydroxylation is 1. The van der Waals surface area contributed by atoms with Crippen LogP contribution in [0.15, 0.2) is 39.9 Å². The van der Waals surface area contributed by atoms with Crippen molar-refractivity contribution in [3.8, 4) is 0 Å². The summed E-state index contributed by atoms with van der Waals surface area (Å²) in [6.07, 6.45) is 1.79. The monoisotopic (exact) mass is 496 g/mol. The fourth-order valence-electron chi connectivity index (χ4n) is 2.88. The molecule has 2 heterocycles. The van der Waals surface area contributed by atoms with Gasteiger partial charge in [0, 0.05) is 25.6 Å². The number of hydrogen-bond donors (Lipinski definition) is 2. The summed E-state index contributed by atoms with van der Waals surface area (Å²) in [6.45, 7) is 10.4. The van der Waals surface area contributed by atoms with E-state index in [1.54, 1.807) is 13.2 Å². The van der Waals surface area contributed by atoms with Crippen molar-refractivity contribution in [2.75, 3.05) is 13.6 Å². The van der Waals surface area contributed by atoms with Gasteiger partial charge in [-0.1, -0.05) is 32.9 Å². The molecule has 1 aromatic carbocycles. The third-order valence-electron chi connectivity index (χ3n) is 4.40. The van der Waals surface area contributed by atoms with Crippen molar-refractivity contribution in [3.63, 3.8) is 0 Å². The average molecular weight is 496 g/mol. The van der Waals surface area contributed by atoms with Gasteiger partial charge in [-0.25, -0.2) is 9.97 Å². The lowest BCUT2D eigenvalue weighted by Gasteiger charge is -2.14. The van der Waals surface area contributed by atoms with Crippen molar-refractivity contribution in [1.82, 2.24) is 25.2 Å². The van der Waals surface area contributed by atoms with Crippen LogP contribution in [0.4, 0.5) is 0 Å². The molecule has 0 spiro atoms. The molecule has 0 atom stereocenters. The van der Waals surface area contributed by atoms with Crippen molar-refractivity contribution in [3.05, 3.63) is 47.9 Å². The Morgan fingerprint density at radius 1 is 1.21 bits per heavy atom. The Hall–Kier alpha value is -2.10. The zero-order chi connectivity index (χ0) is 19.4. The van der Waals surface area contributed by atoms with Crippen LogP contribution >= 0.6 is 24.0 Å². The third kappa shape index (κ3) is 5.24. The molecule has 3 rings (SSSR count). The highest BCUT2D eigenvalue weighted by Crippen LogP contribution is 2.22. The zero-order valence-electron chi connectivity index (χ0n) is 17.1. The van der Waals surface area contributed by atoms with E-state index in [1.165, 1.54) is 0 Å². The van der Waals surface area contributed by atoms with Gasteiger partial charge in [-0.15, -0.1) is 24.0 Å². The van der Waals surface area contributed by atoms with E-state index in [0.717, 1.165) is 35.7 Å². The van der Waals surface area contributed by atoms with Crippen molar-refractivity contribution < 1.29 is 4.42 Å². The number of fused-ring (bicyclic) bond motifs is 1. The topological polar surface area (TPSA) is 80.3 Å². The fourth-order valence-corrected chi connectivity index (χ4v) is 2.88. The number of guanidine groups is 1. The minimum atomic E-state index is -0.0450. The van der Waals surface area contributed by atoms with Gasteiger partial charge in [-0.2, -0.15) is 0 Å². The summed E-state index contributed by atoms with van der Waals surface area (Å²) in [5.74, 6) is 3.26. The Balaban J connectivity index is 0.00000280. The summed E-state index contributed by atoms with van der Waals surface area (Å²) < 4.78 is 8.01. The van der Waals surface area contributed by atoms with Gasteiger partial charge in [0.05, 0.1) is 23.8 Å². The minimum absolute atomic E-state index is 0. The van der Waals surface area contributed by atoms with Crippen LogP contribution in [0.2, 0.25) is 0 Å². The summed E-state index contributed by atoms with van der Waals surface area (Å²) in [7, 11) is 1.75. The van der Waals surface area contributed by atoms with E-state index < -0.39 is 0 Å². The van der Waals surface area contributed by atoms with Crippen LogP contribution in [0.3, 0.4) is 0 Å². The molecule has 8 heteroatoms. The van der Waals surface area contributed by atoms with E-state index in [-0.39, 0.29) is 29.4 Å². The van der Waals surface area contributed by atoms with Gasteiger partial charge in [0.15, 0.2) is 5.96 Å². The molecule has 0 aliphatic rings. The molecule has 7 nitrogen and oxygen atoms in total. The molecule has 28 heavy (non-hydrogen) atoms. The number of aliphatic imine (C=N–C) groups is 1. The van der Waals surface area contributed by atoms with E-state index >= 15 is 0 Å². The van der Waals surface area contributed by atoms with Gasteiger partial charge in [-0.05, 0) is 19.1 Å². The number of rotatable bonds is 5. The van der Waals surface area contributed by atoms with Crippen LogP contribution in [0.1, 0.15) is 38.2 Å². The van der Waals surface area contributed by atoms with Gasteiger partial charge in [0.2, 0.25) is 5.89 Å². The zero-order valence-corrected chi connectivity index (χ0v) is 19.4. The van der Waals surface area contributed by atoms with Gasteiger partial charge in [-0.3, -0.25) is 4.99 Å². The Morgan fingerprint density at radius 2 is 1.96 bits per heavy atom. The second-order valence-electron chi connectivity index (χ2n) is 7.52. The Kier molecular flexibility index (Phi) is 7.45. The summed E-state index contributed by atoms with van der Waals surface area (Å²) in [5.41, 5.74) is 2.13. The molecular weight excluding hydrogens is 467 g/mol. The van der Waals surface area contributed by atoms with E-state index in [2.05, 4.69) is 57.0 Å². The third-order valence-corrected chi connectivity index (χ3v) is 4.40. The lowest BCUT2D eigenvalue weighted by atomic mass is 9.94. The number of aromatic nitrogens is 3. The van der Waals surface area contributed by atoms with Crippen LogP contribution in [-0.4, -0.2) is 34.1 Å². The molecule has 0 unspecified atom stereocenters. The minimum Gasteiger partial charge on any atom is -0.443 e. The predicted molar refractivity (Wildman–Crippen MR) is 123 cm³/mol. The molecule has 0 aliphatic heterocycles. The summed E-state index contributed by atoms with van der Waals surface area (Å²) >= 11 is 0. The number of benzene rings is 1. The van der Waals surface area contributed by atoms with E-state index in [9.17, 15) is 0 Å². The summed E-state index contributed by atoms with van der Waals surface area (Å²) in [4.78, 5) is 13.2. The fraction of sp³-hybridized carbons (Fsp3) is 0.450. The highest BCUT2D eigenvalue weighted by Gasteiger charge is 2.19. The SMILES string of the molecule is CN=C(NCCn1c(C)nc2ccccc21)NCc1ncc(C(C)(C)C)o1.I. The molecule has 0 radical (unpaired) electrons. The molecule has 3 aromatic rings. The lowest BCUT2D eigenvalue weighted by Crippen LogP contribution is -2.38. The first kappa shape index (κ1) is 22.2. The maximum absolute atomic E-state index is 5.80. The first-order chi connectivity index (χ1) is 12.9. The summed E-state index contributed by atoms with van der Waals surface area (Å²) in [5, 5.41) is 6.57. The van der Waals surface area contributed by atoms with Crippen LogP contribution < -0.4 is 10.6 Å². The van der Waals surface area contributed by atoms with Gasteiger partial charge in [0.25, 0.3) is 0 Å². The smallest absolute Gasteiger partial charge is 0.213 e. The molecule has 2 N–H and O–H groups in total. The maximum atomic E-state index is 5.80. The standard InChI is InChI=1S/C20H28N6O.HI/c1-14-25-15-8-6-7-9-16(15)26(14)11-10-22-19(21-5)24-13-18-23-12-17(27-18)20(2,3)4;/h6-9,12H,10-11,13H2,1-5H3,(H2,21,22,24);1H. The number of imidazole rings is 1. The van der Waals surface area contributed by atoms with Gasteiger partial charge in [0.1, 0.15) is 11.6 Å². The van der Waals surface area contributed by atoms with Gasteiger partial charge >= 0.3 is 0 Å². The van der Waals surface area contributed by atoms with Crippen molar-refractivity contribution in [2.45, 2.75) is 46.2 Å².